The molecule has 0 saturated carbocycles. The molecule has 2 aromatic carbocycles. The fraction of sp³-hybridized carbons (Fsp3) is 0.316. The second-order valence-electron chi connectivity index (χ2n) is 6.58. The fourth-order valence-corrected chi connectivity index (χ4v) is 2.32. The van der Waals surface area contributed by atoms with Crippen molar-refractivity contribution in [2.45, 2.75) is 26.2 Å². The molecule has 0 heterocycles. The minimum atomic E-state index is 0.0340. The van der Waals surface area contributed by atoms with Crippen LogP contribution in [0.15, 0.2) is 48.5 Å². The Morgan fingerprint density at radius 2 is 1.62 bits per heavy atom. The van der Waals surface area contributed by atoms with Crippen molar-refractivity contribution in [1.29, 1.82) is 0 Å². The number of carbonyl (C=O) groups is 1. The molecule has 0 aliphatic heterocycles. The highest BCUT2D eigenvalue weighted by molar-refractivity contribution is 6.00. The molecule has 0 bridgehead atoms. The summed E-state index contributed by atoms with van der Waals surface area (Å²) in [7, 11) is 3.56. The minimum absolute atomic E-state index is 0.0340. The maximum absolute atomic E-state index is 12.3. The van der Waals surface area contributed by atoms with Crippen LogP contribution in [0.25, 0.3) is 11.1 Å². The predicted molar refractivity (Wildman–Crippen MR) is 88.6 cm³/mol. The van der Waals surface area contributed by atoms with Gasteiger partial charge in [0.25, 0.3) is 5.91 Å². The van der Waals surface area contributed by atoms with E-state index >= 15 is 0 Å². The largest absolute Gasteiger partial charge is 0.345 e. The van der Waals surface area contributed by atoms with Crippen molar-refractivity contribution in [2.24, 2.45) is 0 Å². The molecule has 0 aliphatic rings. The normalized spacial score (nSPS) is 11.3. The third-order valence-corrected chi connectivity index (χ3v) is 3.60. The van der Waals surface area contributed by atoms with Crippen LogP contribution in [0.4, 0.5) is 0 Å². The molecule has 0 N–H and O–H groups in total. The van der Waals surface area contributed by atoms with Crippen molar-refractivity contribution in [3.8, 4) is 11.1 Å². The summed E-state index contributed by atoms with van der Waals surface area (Å²) in [5.41, 5.74) is 4.19. The van der Waals surface area contributed by atoms with Crippen molar-refractivity contribution in [3.05, 3.63) is 59.7 Å². The van der Waals surface area contributed by atoms with Gasteiger partial charge in [-0.3, -0.25) is 4.79 Å². The first kappa shape index (κ1) is 15.3. The second-order valence-corrected chi connectivity index (χ2v) is 6.58. The highest BCUT2D eigenvalue weighted by atomic mass is 16.2. The molecule has 2 aromatic rings. The van der Waals surface area contributed by atoms with E-state index in [2.05, 4.69) is 45.0 Å². The van der Waals surface area contributed by atoms with Gasteiger partial charge in [0, 0.05) is 19.7 Å². The van der Waals surface area contributed by atoms with Gasteiger partial charge in [-0.15, -0.1) is 0 Å². The van der Waals surface area contributed by atoms with E-state index in [0.717, 1.165) is 16.7 Å². The summed E-state index contributed by atoms with van der Waals surface area (Å²) < 4.78 is 0. The van der Waals surface area contributed by atoms with Gasteiger partial charge in [0.05, 0.1) is 0 Å². The lowest BCUT2D eigenvalue weighted by atomic mass is 9.85. The van der Waals surface area contributed by atoms with E-state index in [1.54, 1.807) is 19.0 Å². The van der Waals surface area contributed by atoms with Gasteiger partial charge in [0.1, 0.15) is 0 Å². The summed E-state index contributed by atoms with van der Waals surface area (Å²) in [6, 6.07) is 16.2. The van der Waals surface area contributed by atoms with E-state index < -0.39 is 0 Å². The van der Waals surface area contributed by atoms with Crippen LogP contribution in [-0.2, 0) is 5.41 Å². The zero-order chi connectivity index (χ0) is 15.6. The predicted octanol–water partition coefficient (Wildman–Crippen LogP) is 4.35. The molecule has 110 valence electrons. The number of rotatable bonds is 2. The van der Waals surface area contributed by atoms with Crippen molar-refractivity contribution >= 4 is 5.91 Å². The Kier molecular flexibility index (Phi) is 4.17. The molecule has 0 atom stereocenters. The lowest BCUT2D eigenvalue weighted by Gasteiger charge is -2.20. The summed E-state index contributed by atoms with van der Waals surface area (Å²) in [4.78, 5) is 14.0. The summed E-state index contributed by atoms with van der Waals surface area (Å²) >= 11 is 0. The van der Waals surface area contributed by atoms with Gasteiger partial charge in [-0.2, -0.15) is 0 Å². The van der Waals surface area contributed by atoms with Gasteiger partial charge >= 0.3 is 0 Å². The Labute approximate surface area is 127 Å². The number of hydrogen-bond donors (Lipinski definition) is 0. The van der Waals surface area contributed by atoms with E-state index in [0.29, 0.717) is 0 Å². The van der Waals surface area contributed by atoms with E-state index in [1.165, 1.54) is 5.56 Å². The van der Waals surface area contributed by atoms with Crippen LogP contribution in [0.2, 0.25) is 0 Å². The van der Waals surface area contributed by atoms with Crippen molar-refractivity contribution in [1.82, 2.24) is 4.90 Å². The minimum Gasteiger partial charge on any atom is -0.345 e. The standard InChI is InChI=1S/C19H23NO/c1-19(2,3)15-10-8-9-14(13-15)16-11-6-7-12-17(16)18(21)20(4)5/h6-13H,1-5H3. The molecule has 2 rings (SSSR count). The molecule has 1 amide bonds. The van der Waals surface area contributed by atoms with Crippen LogP contribution in [0.5, 0.6) is 0 Å². The molecule has 0 spiro atoms. The second kappa shape index (κ2) is 5.72. The highest BCUT2D eigenvalue weighted by Gasteiger charge is 2.17. The van der Waals surface area contributed by atoms with Gasteiger partial charge in [-0.25, -0.2) is 0 Å². The zero-order valence-electron chi connectivity index (χ0n) is 13.5. The number of nitrogens with zero attached hydrogens (tertiary/aromatic N) is 1. The third kappa shape index (κ3) is 3.33. The van der Waals surface area contributed by atoms with E-state index in [1.807, 2.05) is 24.3 Å². The summed E-state index contributed by atoms with van der Waals surface area (Å²) in [6.45, 7) is 6.59. The van der Waals surface area contributed by atoms with Gasteiger partial charge in [0.2, 0.25) is 0 Å². The Balaban J connectivity index is 2.55. The maximum atomic E-state index is 12.3. The molecule has 0 saturated heterocycles. The number of amides is 1. The molecule has 0 unspecified atom stereocenters. The zero-order valence-corrected chi connectivity index (χ0v) is 13.5. The topological polar surface area (TPSA) is 20.3 Å². The van der Waals surface area contributed by atoms with Crippen LogP contribution < -0.4 is 0 Å². The molecule has 21 heavy (non-hydrogen) atoms. The van der Waals surface area contributed by atoms with Gasteiger partial charge in [-0.1, -0.05) is 63.2 Å². The average molecular weight is 281 g/mol. The number of carbonyl (C=O) groups excluding carboxylic acids is 1. The number of hydrogen-bond acceptors (Lipinski definition) is 1. The quantitative estimate of drug-likeness (QED) is 0.801. The molecule has 0 aromatic heterocycles. The first-order chi connectivity index (χ1) is 9.80. The first-order valence-electron chi connectivity index (χ1n) is 7.22. The van der Waals surface area contributed by atoms with E-state index in [-0.39, 0.29) is 11.3 Å². The van der Waals surface area contributed by atoms with Gasteiger partial charge < -0.3 is 4.90 Å². The van der Waals surface area contributed by atoms with Gasteiger partial charge in [-0.05, 0) is 28.2 Å². The van der Waals surface area contributed by atoms with E-state index in [9.17, 15) is 4.79 Å². The molecule has 0 aliphatic carbocycles. The monoisotopic (exact) mass is 281 g/mol. The average Bonchev–Trinajstić information content (AvgIpc) is 2.45. The summed E-state index contributed by atoms with van der Waals surface area (Å²) in [6.07, 6.45) is 0. The summed E-state index contributed by atoms with van der Waals surface area (Å²) in [5, 5.41) is 0. The fourth-order valence-electron chi connectivity index (χ4n) is 2.32. The van der Waals surface area contributed by atoms with Crippen LogP contribution >= 0.6 is 0 Å². The van der Waals surface area contributed by atoms with Crippen LogP contribution in [0.1, 0.15) is 36.7 Å². The Hall–Kier alpha value is -2.09. The maximum Gasteiger partial charge on any atom is 0.253 e. The summed E-state index contributed by atoms with van der Waals surface area (Å²) in [5.74, 6) is 0.0340. The van der Waals surface area contributed by atoms with Crippen molar-refractivity contribution in [3.63, 3.8) is 0 Å². The van der Waals surface area contributed by atoms with Crippen LogP contribution in [0.3, 0.4) is 0 Å². The Morgan fingerprint density at radius 1 is 0.952 bits per heavy atom. The van der Waals surface area contributed by atoms with Crippen LogP contribution in [0, 0.1) is 0 Å². The molecular formula is C19H23NO. The highest BCUT2D eigenvalue weighted by Crippen LogP contribution is 2.29. The van der Waals surface area contributed by atoms with Crippen molar-refractivity contribution < 1.29 is 4.79 Å². The first-order valence-corrected chi connectivity index (χ1v) is 7.22. The smallest absolute Gasteiger partial charge is 0.253 e. The van der Waals surface area contributed by atoms with Crippen LogP contribution in [-0.4, -0.2) is 24.9 Å². The Bertz CT molecular complexity index is 651. The third-order valence-electron chi connectivity index (χ3n) is 3.60. The molecule has 2 nitrogen and oxygen atoms in total. The Morgan fingerprint density at radius 3 is 2.24 bits per heavy atom. The van der Waals surface area contributed by atoms with E-state index in [4.69, 9.17) is 0 Å². The number of benzene rings is 2. The van der Waals surface area contributed by atoms with Gasteiger partial charge in [0.15, 0.2) is 0 Å². The molecule has 2 heteroatoms. The lowest BCUT2D eigenvalue weighted by molar-refractivity contribution is 0.0828. The molecular weight excluding hydrogens is 258 g/mol. The lowest BCUT2D eigenvalue weighted by Crippen LogP contribution is -2.22. The molecule has 0 radical (unpaired) electrons. The van der Waals surface area contributed by atoms with Crippen molar-refractivity contribution in [2.75, 3.05) is 14.1 Å². The SMILES string of the molecule is CN(C)C(=O)c1ccccc1-c1cccc(C(C)(C)C)c1. The molecule has 0 fully saturated rings.